The van der Waals surface area contributed by atoms with Gasteiger partial charge in [-0.2, -0.15) is 0 Å². The molecule has 7 nitrogen and oxygen atoms in total. The smallest absolute Gasteiger partial charge is 0.311 e. The lowest BCUT2D eigenvalue weighted by molar-refractivity contribution is -0.134. The second-order valence-electron chi connectivity index (χ2n) is 8.86. The lowest BCUT2D eigenvalue weighted by Gasteiger charge is -2.07. The molecule has 0 fully saturated rings. The fourth-order valence-corrected chi connectivity index (χ4v) is 4.37. The summed E-state index contributed by atoms with van der Waals surface area (Å²) >= 11 is 0. The molecule has 3 aromatic rings. The minimum Gasteiger partial charge on any atom is -0.424 e. The summed E-state index contributed by atoms with van der Waals surface area (Å²) < 4.78 is 13.4. The standard InChI is InChI=1S/C29H30N4O3/c1-3-4-5-6-28(34)36-27-19-23-13-9-22-11-15-25(31-22)24-14-10-20(30-24)7-8-21-12-16-26(32-21)29(27)33(23)17-18-35-2/h7-16,19,32H,3-6,17-18H2,1-2H3. The first-order chi connectivity index (χ1) is 17.6. The SMILES string of the molecule is CCCCCC(=O)Oc1cc2ccc3nc(c4nc(ccc5ccc([nH]5)c1n2CCOC)C=C4)C=C3. The predicted octanol–water partition coefficient (Wildman–Crippen LogP) is 6.26. The highest BCUT2D eigenvalue weighted by Crippen LogP contribution is 2.30. The van der Waals surface area contributed by atoms with Crippen LogP contribution in [0.1, 0.15) is 55.4 Å². The first-order valence-corrected chi connectivity index (χ1v) is 12.4. The van der Waals surface area contributed by atoms with E-state index in [0.29, 0.717) is 25.3 Å². The molecule has 0 saturated heterocycles. The quantitative estimate of drug-likeness (QED) is 0.208. The summed E-state index contributed by atoms with van der Waals surface area (Å²) in [4.78, 5) is 25.6. The molecule has 7 heteroatoms. The molecule has 0 unspecified atom stereocenters. The molecule has 2 aliphatic heterocycles. The Morgan fingerprint density at radius 2 is 1.67 bits per heavy atom. The Hall–Kier alpha value is -3.97. The number of fused-ring (bicyclic) bond motifs is 10. The van der Waals surface area contributed by atoms with Crippen molar-refractivity contribution < 1.29 is 14.3 Å². The summed E-state index contributed by atoms with van der Waals surface area (Å²) in [5, 5.41) is 0. The molecule has 0 radical (unpaired) electrons. The van der Waals surface area contributed by atoms with Gasteiger partial charge in [-0.25, -0.2) is 9.97 Å². The normalized spacial score (nSPS) is 12.3. The summed E-state index contributed by atoms with van der Waals surface area (Å²) in [6.07, 6.45) is 11.2. The van der Waals surface area contributed by atoms with Crippen LogP contribution in [-0.4, -0.2) is 39.2 Å². The lowest BCUT2D eigenvalue weighted by Crippen LogP contribution is -2.08. The topological polar surface area (TPSA) is 82.0 Å². The highest BCUT2D eigenvalue weighted by atomic mass is 16.5. The maximum absolute atomic E-state index is 12.7. The predicted molar refractivity (Wildman–Crippen MR) is 144 cm³/mol. The van der Waals surface area contributed by atoms with E-state index in [1.807, 2.05) is 66.8 Å². The van der Waals surface area contributed by atoms with E-state index in [9.17, 15) is 4.79 Å². The van der Waals surface area contributed by atoms with E-state index >= 15 is 0 Å². The molecule has 0 amide bonds. The second-order valence-corrected chi connectivity index (χ2v) is 8.86. The number of ether oxygens (including phenoxy) is 2. The third-order valence-corrected chi connectivity index (χ3v) is 6.23. The van der Waals surface area contributed by atoms with Gasteiger partial charge in [0, 0.05) is 37.2 Å². The average molecular weight is 483 g/mol. The van der Waals surface area contributed by atoms with Crippen LogP contribution in [0.25, 0.3) is 46.4 Å². The molecule has 5 rings (SSSR count). The third kappa shape index (κ3) is 5.16. The van der Waals surface area contributed by atoms with Crippen LogP contribution in [0.15, 0.2) is 42.5 Å². The number of unbranched alkanes of at least 4 members (excludes halogenated alkanes) is 2. The van der Waals surface area contributed by atoms with Gasteiger partial charge in [-0.3, -0.25) is 4.79 Å². The van der Waals surface area contributed by atoms with Crippen molar-refractivity contribution in [1.82, 2.24) is 19.5 Å². The Morgan fingerprint density at radius 1 is 0.944 bits per heavy atom. The summed E-state index contributed by atoms with van der Waals surface area (Å²) in [6, 6.07) is 13.9. The number of aromatic amines is 1. The van der Waals surface area contributed by atoms with Crippen LogP contribution in [0, 0.1) is 0 Å². The first-order valence-electron chi connectivity index (χ1n) is 12.4. The molecule has 8 bridgehead atoms. The number of nitrogens with one attached hydrogen (secondary N) is 1. The average Bonchev–Trinajstić information content (AvgIpc) is 3.66. The van der Waals surface area contributed by atoms with Crippen LogP contribution in [0.5, 0.6) is 5.75 Å². The van der Waals surface area contributed by atoms with Crippen LogP contribution in [-0.2, 0) is 16.1 Å². The molecule has 2 aliphatic rings. The van der Waals surface area contributed by atoms with Crippen molar-refractivity contribution in [3.05, 3.63) is 65.2 Å². The third-order valence-electron chi connectivity index (χ3n) is 6.23. The molecule has 5 heterocycles. The van der Waals surface area contributed by atoms with Gasteiger partial charge in [0.15, 0.2) is 5.75 Å². The molecule has 0 atom stereocenters. The van der Waals surface area contributed by atoms with E-state index in [2.05, 4.69) is 21.5 Å². The van der Waals surface area contributed by atoms with Gasteiger partial charge in [0.25, 0.3) is 0 Å². The number of nitrogens with zero attached hydrogens (tertiary/aromatic N) is 3. The van der Waals surface area contributed by atoms with Gasteiger partial charge >= 0.3 is 5.97 Å². The molecule has 0 spiro atoms. The molecular weight excluding hydrogens is 452 g/mol. The molecule has 1 N–H and O–H groups in total. The zero-order valence-electron chi connectivity index (χ0n) is 20.7. The van der Waals surface area contributed by atoms with E-state index in [0.717, 1.165) is 64.1 Å². The zero-order valence-corrected chi connectivity index (χ0v) is 20.7. The number of carbonyl (C=O) groups is 1. The maximum Gasteiger partial charge on any atom is 0.311 e. The van der Waals surface area contributed by atoms with Gasteiger partial charge in [0.1, 0.15) is 5.52 Å². The van der Waals surface area contributed by atoms with Gasteiger partial charge in [0.2, 0.25) is 0 Å². The molecule has 184 valence electrons. The van der Waals surface area contributed by atoms with Gasteiger partial charge in [-0.15, -0.1) is 0 Å². The maximum atomic E-state index is 12.7. The highest BCUT2D eigenvalue weighted by molar-refractivity contribution is 5.90. The van der Waals surface area contributed by atoms with Crippen molar-refractivity contribution in [2.24, 2.45) is 0 Å². The van der Waals surface area contributed by atoms with Crippen LogP contribution < -0.4 is 4.74 Å². The van der Waals surface area contributed by atoms with E-state index in [4.69, 9.17) is 14.5 Å². The van der Waals surface area contributed by atoms with E-state index in [1.165, 1.54) is 0 Å². The molecule has 0 aromatic carbocycles. The van der Waals surface area contributed by atoms with Crippen molar-refractivity contribution in [2.45, 2.75) is 39.2 Å². The van der Waals surface area contributed by atoms with Crippen molar-refractivity contribution in [1.29, 1.82) is 0 Å². The van der Waals surface area contributed by atoms with Crippen LogP contribution in [0.4, 0.5) is 0 Å². The Bertz CT molecular complexity index is 1490. The number of rotatable bonds is 8. The summed E-state index contributed by atoms with van der Waals surface area (Å²) in [7, 11) is 1.68. The molecule has 36 heavy (non-hydrogen) atoms. The highest BCUT2D eigenvalue weighted by Gasteiger charge is 2.15. The summed E-state index contributed by atoms with van der Waals surface area (Å²) in [6.45, 7) is 3.23. The Labute approximate surface area is 210 Å². The number of H-pyrrole nitrogens is 1. The van der Waals surface area contributed by atoms with Crippen LogP contribution in [0.3, 0.4) is 0 Å². The molecule has 3 aromatic heterocycles. The second kappa shape index (κ2) is 10.7. The largest absolute Gasteiger partial charge is 0.424 e. The van der Waals surface area contributed by atoms with Crippen molar-refractivity contribution in [3.63, 3.8) is 0 Å². The van der Waals surface area contributed by atoms with Gasteiger partial charge < -0.3 is 19.0 Å². The number of methoxy groups -OCH3 is 1. The minimum atomic E-state index is -0.220. The van der Waals surface area contributed by atoms with E-state index in [-0.39, 0.29) is 5.97 Å². The zero-order chi connectivity index (χ0) is 24.9. The number of carbonyl (C=O) groups excluding carboxylic acids is 1. The van der Waals surface area contributed by atoms with Gasteiger partial charge in [-0.1, -0.05) is 19.8 Å². The molecule has 0 saturated carbocycles. The molecular formula is C29H30N4O3. The molecule has 0 aliphatic carbocycles. The summed E-state index contributed by atoms with van der Waals surface area (Å²) in [5.41, 5.74) is 6.87. The minimum absolute atomic E-state index is 0.220. The number of hydrogen-bond donors (Lipinski definition) is 1. The fraction of sp³-hybridized carbons (Fsp3) is 0.276. The van der Waals surface area contributed by atoms with E-state index in [1.54, 1.807) is 7.11 Å². The van der Waals surface area contributed by atoms with Crippen LogP contribution >= 0.6 is 0 Å². The fourth-order valence-electron chi connectivity index (χ4n) is 4.37. The Balaban J connectivity index is 1.73. The monoisotopic (exact) mass is 482 g/mol. The first kappa shape index (κ1) is 23.8. The summed E-state index contributed by atoms with van der Waals surface area (Å²) in [5.74, 6) is 0.314. The Kier molecular flexibility index (Phi) is 7.09. The van der Waals surface area contributed by atoms with Crippen LogP contribution in [0.2, 0.25) is 0 Å². The number of esters is 1. The van der Waals surface area contributed by atoms with Gasteiger partial charge in [0.05, 0.1) is 34.9 Å². The van der Waals surface area contributed by atoms with E-state index < -0.39 is 0 Å². The van der Waals surface area contributed by atoms with Crippen molar-refractivity contribution in [3.8, 4) is 5.75 Å². The Morgan fingerprint density at radius 3 is 2.39 bits per heavy atom. The lowest BCUT2D eigenvalue weighted by atomic mass is 10.2. The van der Waals surface area contributed by atoms with Crippen molar-refractivity contribution >= 4 is 52.3 Å². The number of hydrogen-bond acceptors (Lipinski definition) is 5. The van der Waals surface area contributed by atoms with Crippen molar-refractivity contribution in [2.75, 3.05) is 13.7 Å². The number of aromatic nitrogens is 4. The van der Waals surface area contributed by atoms with Gasteiger partial charge in [-0.05, 0) is 67.1 Å².